The van der Waals surface area contributed by atoms with Crippen molar-refractivity contribution in [3.63, 3.8) is 0 Å². The normalized spacial score (nSPS) is 11.5. The van der Waals surface area contributed by atoms with E-state index >= 15 is 0 Å². The molecule has 31 heavy (non-hydrogen) atoms. The highest BCUT2D eigenvalue weighted by atomic mass is 35.5. The van der Waals surface area contributed by atoms with Crippen LogP contribution in [0.2, 0.25) is 5.02 Å². The summed E-state index contributed by atoms with van der Waals surface area (Å²) >= 11 is 6.61. The van der Waals surface area contributed by atoms with Gasteiger partial charge in [0.2, 0.25) is 5.91 Å². The largest absolute Gasteiger partial charge is 0.462 e. The topological polar surface area (TPSA) is 90.3 Å². The average molecular weight is 474 g/mol. The molecule has 0 fully saturated rings. The number of hydrogen-bond acceptors (Lipinski definition) is 6. The van der Waals surface area contributed by atoms with E-state index in [0.717, 1.165) is 28.3 Å². The lowest BCUT2D eigenvalue weighted by atomic mass is 10.1. The lowest BCUT2D eigenvalue weighted by Crippen LogP contribution is -2.28. The van der Waals surface area contributed by atoms with Crippen molar-refractivity contribution in [2.45, 2.75) is 26.6 Å². The molecule has 3 rings (SSSR count). The van der Waals surface area contributed by atoms with Crippen LogP contribution in [0.5, 0.6) is 0 Å². The minimum absolute atomic E-state index is 0.137. The molecule has 0 radical (unpaired) electrons. The number of thiophene rings is 1. The van der Waals surface area contributed by atoms with Crippen molar-refractivity contribution in [1.29, 1.82) is 0 Å². The first-order valence-electron chi connectivity index (χ1n) is 8.85. The number of rotatable bonds is 5. The van der Waals surface area contributed by atoms with Crippen LogP contribution in [0.1, 0.15) is 27.7 Å². The molecule has 164 valence electrons. The Kier molecular flexibility index (Phi) is 6.37. The predicted octanol–water partition coefficient (Wildman–Crippen LogP) is 4.25. The van der Waals surface area contributed by atoms with E-state index in [-0.39, 0.29) is 21.9 Å². The SMILES string of the molecule is CCOC(=O)c1sc2ncn(CC(=O)Nc3ccc(Cl)cc3C(F)(F)F)c(=O)c2c1C. The van der Waals surface area contributed by atoms with Crippen molar-refractivity contribution in [2.75, 3.05) is 11.9 Å². The Morgan fingerprint density at radius 1 is 1.32 bits per heavy atom. The lowest BCUT2D eigenvalue weighted by Gasteiger charge is -2.14. The van der Waals surface area contributed by atoms with Crippen molar-refractivity contribution < 1.29 is 27.5 Å². The maximum atomic E-state index is 13.2. The van der Waals surface area contributed by atoms with Gasteiger partial charge in [-0.05, 0) is 37.6 Å². The van der Waals surface area contributed by atoms with E-state index in [1.165, 1.54) is 6.07 Å². The minimum atomic E-state index is -4.73. The second-order valence-electron chi connectivity index (χ2n) is 6.37. The molecule has 7 nitrogen and oxygen atoms in total. The van der Waals surface area contributed by atoms with Crippen LogP contribution >= 0.6 is 22.9 Å². The van der Waals surface area contributed by atoms with Gasteiger partial charge in [-0.3, -0.25) is 14.2 Å². The molecule has 0 saturated carbocycles. The number of anilines is 1. The number of hydrogen-bond donors (Lipinski definition) is 1. The maximum Gasteiger partial charge on any atom is 0.418 e. The fraction of sp³-hybridized carbons (Fsp3) is 0.263. The molecule has 3 aromatic rings. The zero-order chi connectivity index (χ0) is 22.9. The van der Waals surface area contributed by atoms with Gasteiger partial charge in [0, 0.05) is 5.02 Å². The Hall–Kier alpha value is -2.92. The second kappa shape index (κ2) is 8.67. The summed E-state index contributed by atoms with van der Waals surface area (Å²) < 4.78 is 45.5. The fourth-order valence-corrected chi connectivity index (χ4v) is 4.07. The maximum absolute atomic E-state index is 13.2. The Bertz CT molecular complexity index is 1240. The number of carbonyl (C=O) groups is 2. The van der Waals surface area contributed by atoms with Gasteiger partial charge in [-0.15, -0.1) is 11.3 Å². The molecule has 0 aliphatic carbocycles. The number of alkyl halides is 3. The van der Waals surface area contributed by atoms with Crippen molar-refractivity contribution >= 4 is 50.7 Å². The van der Waals surface area contributed by atoms with E-state index in [0.29, 0.717) is 16.5 Å². The van der Waals surface area contributed by atoms with Gasteiger partial charge in [0.05, 0.1) is 29.6 Å². The van der Waals surface area contributed by atoms with Gasteiger partial charge in [0.1, 0.15) is 16.3 Å². The van der Waals surface area contributed by atoms with Crippen LogP contribution in [0, 0.1) is 6.92 Å². The molecule has 1 aromatic carbocycles. The van der Waals surface area contributed by atoms with E-state index < -0.39 is 41.4 Å². The number of aryl methyl sites for hydroxylation is 1. The third-order valence-corrected chi connectivity index (χ3v) is 5.67. The molecule has 1 N–H and O–H groups in total. The number of esters is 1. The summed E-state index contributed by atoms with van der Waals surface area (Å²) in [4.78, 5) is 41.8. The molecule has 0 atom stereocenters. The fourth-order valence-electron chi connectivity index (χ4n) is 2.87. The van der Waals surface area contributed by atoms with Crippen LogP contribution < -0.4 is 10.9 Å². The molecule has 12 heteroatoms. The highest BCUT2D eigenvalue weighted by Crippen LogP contribution is 2.36. The van der Waals surface area contributed by atoms with Crippen LogP contribution in [0.15, 0.2) is 29.3 Å². The van der Waals surface area contributed by atoms with Crippen LogP contribution in [-0.4, -0.2) is 28.0 Å². The summed E-state index contributed by atoms with van der Waals surface area (Å²) in [5.74, 6) is -1.45. The minimum Gasteiger partial charge on any atom is -0.462 e. The molecule has 0 bridgehead atoms. The Balaban J connectivity index is 1.90. The number of benzene rings is 1. The van der Waals surface area contributed by atoms with E-state index in [4.69, 9.17) is 16.3 Å². The second-order valence-corrected chi connectivity index (χ2v) is 7.81. The van der Waals surface area contributed by atoms with Crippen molar-refractivity contribution in [3.8, 4) is 0 Å². The number of amides is 1. The quantitative estimate of drug-likeness (QED) is 0.559. The smallest absolute Gasteiger partial charge is 0.418 e. The summed E-state index contributed by atoms with van der Waals surface area (Å²) in [6.45, 7) is 2.79. The van der Waals surface area contributed by atoms with Crippen LogP contribution in [0.25, 0.3) is 10.2 Å². The Labute approximate surface area is 182 Å². The molecule has 0 aliphatic heterocycles. The summed E-state index contributed by atoms with van der Waals surface area (Å²) in [7, 11) is 0. The summed E-state index contributed by atoms with van der Waals surface area (Å²) in [5, 5.41) is 2.15. The third-order valence-electron chi connectivity index (χ3n) is 4.25. The van der Waals surface area contributed by atoms with Gasteiger partial charge in [0.25, 0.3) is 5.56 Å². The van der Waals surface area contributed by atoms with Gasteiger partial charge in [-0.1, -0.05) is 11.6 Å². The summed E-state index contributed by atoms with van der Waals surface area (Å²) in [5.41, 5.74) is -1.83. The average Bonchev–Trinajstić information content (AvgIpc) is 3.02. The molecule has 2 heterocycles. The predicted molar refractivity (Wildman–Crippen MR) is 110 cm³/mol. The van der Waals surface area contributed by atoms with Crippen molar-refractivity contribution in [3.05, 3.63) is 55.9 Å². The lowest BCUT2D eigenvalue weighted by molar-refractivity contribution is -0.137. The zero-order valence-electron chi connectivity index (χ0n) is 16.2. The third kappa shape index (κ3) is 4.72. The number of aromatic nitrogens is 2. The molecule has 0 aliphatic rings. The van der Waals surface area contributed by atoms with Crippen LogP contribution in [-0.2, 0) is 22.3 Å². The van der Waals surface area contributed by atoms with Gasteiger partial charge in [-0.25, -0.2) is 9.78 Å². The molecule has 2 aromatic heterocycles. The molecule has 1 amide bonds. The molecule has 0 spiro atoms. The monoisotopic (exact) mass is 473 g/mol. The number of nitrogens with zero attached hydrogens (tertiary/aromatic N) is 2. The molecule has 0 unspecified atom stereocenters. The first-order chi connectivity index (χ1) is 14.5. The number of fused-ring (bicyclic) bond motifs is 1. The first kappa shape index (κ1) is 22.8. The van der Waals surface area contributed by atoms with E-state index in [1.807, 2.05) is 0 Å². The molecule has 0 saturated heterocycles. The van der Waals surface area contributed by atoms with Gasteiger partial charge in [0.15, 0.2) is 0 Å². The highest BCUT2D eigenvalue weighted by Gasteiger charge is 2.34. The van der Waals surface area contributed by atoms with E-state index in [2.05, 4.69) is 10.3 Å². The highest BCUT2D eigenvalue weighted by molar-refractivity contribution is 7.20. The molecular formula is C19H15ClF3N3O4S. The van der Waals surface area contributed by atoms with Gasteiger partial charge >= 0.3 is 12.1 Å². The Morgan fingerprint density at radius 2 is 2.03 bits per heavy atom. The van der Waals surface area contributed by atoms with Crippen LogP contribution in [0.3, 0.4) is 0 Å². The van der Waals surface area contributed by atoms with E-state index in [1.54, 1.807) is 13.8 Å². The first-order valence-corrected chi connectivity index (χ1v) is 10.0. The van der Waals surface area contributed by atoms with Gasteiger partial charge in [-0.2, -0.15) is 13.2 Å². The molecular weight excluding hydrogens is 459 g/mol. The van der Waals surface area contributed by atoms with Crippen molar-refractivity contribution in [2.24, 2.45) is 0 Å². The zero-order valence-corrected chi connectivity index (χ0v) is 17.7. The van der Waals surface area contributed by atoms with Gasteiger partial charge < -0.3 is 10.1 Å². The number of ether oxygens (including phenoxy) is 1. The van der Waals surface area contributed by atoms with E-state index in [9.17, 15) is 27.6 Å². The number of nitrogens with one attached hydrogen (secondary N) is 1. The summed E-state index contributed by atoms with van der Waals surface area (Å²) in [6, 6.07) is 2.93. The summed E-state index contributed by atoms with van der Waals surface area (Å²) in [6.07, 6.45) is -3.64. The number of carbonyl (C=O) groups excluding carboxylic acids is 2. The number of halogens is 4. The Morgan fingerprint density at radius 3 is 2.68 bits per heavy atom. The standard InChI is InChI=1S/C19H15ClF3N3O4S/c1-3-30-18(29)15-9(2)14-16(31-15)24-8-26(17(14)28)7-13(27)25-12-5-4-10(20)6-11(12)19(21,22)23/h4-6,8H,3,7H2,1-2H3,(H,25,27). The van der Waals surface area contributed by atoms with Crippen LogP contribution in [0.4, 0.5) is 18.9 Å². The van der Waals surface area contributed by atoms with Crippen molar-refractivity contribution in [1.82, 2.24) is 9.55 Å².